The lowest BCUT2D eigenvalue weighted by molar-refractivity contribution is 0.324. The summed E-state index contributed by atoms with van der Waals surface area (Å²) < 4.78 is 0. The molecule has 0 aliphatic carbocycles. The molecule has 1 aromatic rings. The van der Waals surface area contributed by atoms with E-state index in [0.717, 1.165) is 0 Å². The van der Waals surface area contributed by atoms with Gasteiger partial charge in [-0.3, -0.25) is 9.89 Å². The number of aliphatic imine (C=N–C) groups is 1. The Morgan fingerprint density at radius 1 is 1.20 bits per heavy atom. The van der Waals surface area contributed by atoms with Crippen molar-refractivity contribution >= 4 is 18.0 Å². The van der Waals surface area contributed by atoms with E-state index >= 15 is 0 Å². The molecule has 1 aromatic carbocycles. The summed E-state index contributed by atoms with van der Waals surface area (Å²) in [7, 11) is 0. The van der Waals surface area contributed by atoms with Crippen molar-refractivity contribution in [3.8, 4) is 0 Å². The van der Waals surface area contributed by atoms with Gasteiger partial charge in [0.2, 0.25) is 0 Å². The number of benzene rings is 1. The number of thioether (sulfide) groups is 1. The summed E-state index contributed by atoms with van der Waals surface area (Å²) in [6.45, 7) is 2.41. The molecule has 0 aromatic heterocycles. The van der Waals surface area contributed by atoms with E-state index in [1.165, 1.54) is 36.4 Å². The Balaban J connectivity index is 1.82. The minimum Gasteiger partial charge on any atom is -0.273 e. The van der Waals surface area contributed by atoms with Crippen LogP contribution >= 0.6 is 11.8 Å². The summed E-state index contributed by atoms with van der Waals surface area (Å²) in [4.78, 5) is 8.45. The van der Waals surface area contributed by atoms with Crippen LogP contribution in [0.1, 0.15) is 18.4 Å². The molecule has 0 bridgehead atoms. The largest absolute Gasteiger partial charge is 0.273 e. The molecular weight excluding hydrogens is 204 g/mol. The molecule has 0 radical (unpaired) electrons. The average Bonchev–Trinajstić information content (AvgIpc) is 2.82. The number of nitrogens with zero attached hydrogens (tertiary/aromatic N) is 2. The lowest BCUT2D eigenvalue weighted by atomic mass is 10.2. The van der Waals surface area contributed by atoms with E-state index in [4.69, 9.17) is 0 Å². The fourth-order valence-electron chi connectivity index (χ4n) is 2.11. The Morgan fingerprint density at radius 2 is 2.00 bits per heavy atom. The summed E-state index contributed by atoms with van der Waals surface area (Å²) in [6.07, 6.45) is 4.68. The average molecular weight is 218 g/mol. The van der Waals surface area contributed by atoms with Crippen molar-refractivity contribution in [3.05, 3.63) is 29.8 Å². The molecule has 15 heavy (non-hydrogen) atoms. The predicted molar refractivity (Wildman–Crippen MR) is 64.5 cm³/mol. The summed E-state index contributed by atoms with van der Waals surface area (Å²) in [5.74, 6) is 0. The Kier molecular flexibility index (Phi) is 2.51. The monoisotopic (exact) mass is 218 g/mol. The molecule has 2 nitrogen and oxygen atoms in total. The van der Waals surface area contributed by atoms with Crippen LogP contribution in [0.4, 0.5) is 0 Å². The maximum absolute atomic E-state index is 4.62. The summed E-state index contributed by atoms with van der Waals surface area (Å²) in [5.41, 5.74) is 1.58. The van der Waals surface area contributed by atoms with E-state index < -0.39 is 0 Å². The number of hydrogen-bond donors (Lipinski definition) is 0. The maximum Gasteiger partial charge on any atom is 0.153 e. The SMILES string of the molecule is C1=NC(N2CCCC2)Sc2ccccc21. The Labute approximate surface area is 94.4 Å². The van der Waals surface area contributed by atoms with E-state index in [1.807, 2.05) is 18.0 Å². The molecule has 3 rings (SSSR count). The summed E-state index contributed by atoms with van der Waals surface area (Å²) in [6, 6.07) is 8.49. The van der Waals surface area contributed by atoms with Gasteiger partial charge >= 0.3 is 0 Å². The lowest BCUT2D eigenvalue weighted by Crippen LogP contribution is -2.29. The van der Waals surface area contributed by atoms with Gasteiger partial charge in [-0.2, -0.15) is 0 Å². The lowest BCUT2D eigenvalue weighted by Gasteiger charge is -2.26. The number of rotatable bonds is 1. The van der Waals surface area contributed by atoms with Gasteiger partial charge in [0.05, 0.1) is 0 Å². The van der Waals surface area contributed by atoms with Gasteiger partial charge in [0, 0.05) is 29.8 Å². The predicted octanol–water partition coefficient (Wildman–Crippen LogP) is 2.59. The first-order chi connectivity index (χ1) is 7.43. The van der Waals surface area contributed by atoms with Crippen LogP contribution in [0.3, 0.4) is 0 Å². The van der Waals surface area contributed by atoms with E-state index in [9.17, 15) is 0 Å². The Hall–Kier alpha value is -0.800. The second-order valence-electron chi connectivity index (χ2n) is 4.00. The Morgan fingerprint density at radius 3 is 2.87 bits per heavy atom. The number of hydrogen-bond acceptors (Lipinski definition) is 3. The number of fused-ring (bicyclic) bond motifs is 1. The van der Waals surface area contributed by atoms with Gasteiger partial charge in [-0.25, -0.2) is 0 Å². The third-order valence-electron chi connectivity index (χ3n) is 2.95. The van der Waals surface area contributed by atoms with Crippen molar-refractivity contribution in [1.29, 1.82) is 0 Å². The maximum atomic E-state index is 4.62. The van der Waals surface area contributed by atoms with Crippen LogP contribution in [0.15, 0.2) is 34.2 Å². The quantitative estimate of drug-likeness (QED) is 0.720. The first-order valence-corrected chi connectivity index (χ1v) is 6.34. The molecule has 0 amide bonds. The molecule has 1 unspecified atom stereocenters. The first-order valence-electron chi connectivity index (χ1n) is 5.46. The van der Waals surface area contributed by atoms with Gasteiger partial charge in [0.25, 0.3) is 0 Å². The van der Waals surface area contributed by atoms with Gasteiger partial charge < -0.3 is 0 Å². The fourth-order valence-corrected chi connectivity index (χ4v) is 3.24. The molecule has 78 valence electrons. The van der Waals surface area contributed by atoms with E-state index in [-0.39, 0.29) is 0 Å². The van der Waals surface area contributed by atoms with Gasteiger partial charge in [0.1, 0.15) is 0 Å². The van der Waals surface area contributed by atoms with Crippen molar-refractivity contribution < 1.29 is 0 Å². The standard InChI is InChI=1S/C12H14N2S/c1-2-6-11-10(5-1)9-13-12(15-11)14-7-3-4-8-14/h1-2,5-6,9,12H,3-4,7-8H2. The van der Waals surface area contributed by atoms with E-state index in [2.05, 4.69) is 34.2 Å². The van der Waals surface area contributed by atoms with Crippen LogP contribution in [0.25, 0.3) is 0 Å². The fraction of sp³-hybridized carbons (Fsp3) is 0.417. The highest BCUT2D eigenvalue weighted by molar-refractivity contribution is 8.00. The molecule has 3 heteroatoms. The highest BCUT2D eigenvalue weighted by Crippen LogP contribution is 2.33. The van der Waals surface area contributed by atoms with Crippen molar-refractivity contribution in [3.63, 3.8) is 0 Å². The van der Waals surface area contributed by atoms with Crippen LogP contribution < -0.4 is 0 Å². The van der Waals surface area contributed by atoms with Crippen molar-refractivity contribution in [2.45, 2.75) is 23.2 Å². The van der Waals surface area contributed by atoms with E-state index in [0.29, 0.717) is 5.50 Å². The molecule has 1 atom stereocenters. The third kappa shape index (κ3) is 1.82. The smallest absolute Gasteiger partial charge is 0.153 e. The summed E-state index contributed by atoms with van der Waals surface area (Å²) in [5, 5.41) is 0. The minimum atomic E-state index is 0.322. The van der Waals surface area contributed by atoms with Crippen molar-refractivity contribution in [2.75, 3.05) is 13.1 Å². The van der Waals surface area contributed by atoms with Crippen molar-refractivity contribution in [1.82, 2.24) is 4.90 Å². The summed E-state index contributed by atoms with van der Waals surface area (Å²) >= 11 is 1.88. The molecule has 2 aliphatic rings. The highest BCUT2D eigenvalue weighted by atomic mass is 32.2. The second-order valence-corrected chi connectivity index (χ2v) is 5.10. The normalized spacial score (nSPS) is 25.5. The zero-order chi connectivity index (χ0) is 10.1. The topological polar surface area (TPSA) is 15.6 Å². The first kappa shape index (κ1) is 9.43. The van der Waals surface area contributed by atoms with Crippen LogP contribution in [0.2, 0.25) is 0 Å². The van der Waals surface area contributed by atoms with Crippen LogP contribution in [0, 0.1) is 0 Å². The van der Waals surface area contributed by atoms with E-state index in [1.54, 1.807) is 0 Å². The third-order valence-corrected chi connectivity index (χ3v) is 4.20. The van der Waals surface area contributed by atoms with Crippen LogP contribution in [0.5, 0.6) is 0 Å². The Bertz CT molecular complexity index is 383. The molecule has 2 aliphatic heterocycles. The molecule has 0 N–H and O–H groups in total. The molecule has 0 saturated carbocycles. The van der Waals surface area contributed by atoms with Gasteiger partial charge in [-0.05, 0) is 18.9 Å². The highest BCUT2D eigenvalue weighted by Gasteiger charge is 2.24. The van der Waals surface area contributed by atoms with Gasteiger partial charge in [-0.15, -0.1) is 0 Å². The molecule has 0 spiro atoms. The number of likely N-dealkylation sites (tertiary alicyclic amines) is 1. The minimum absolute atomic E-state index is 0.322. The zero-order valence-corrected chi connectivity index (χ0v) is 9.41. The zero-order valence-electron chi connectivity index (χ0n) is 8.60. The molecule has 2 heterocycles. The molecular formula is C12H14N2S. The second kappa shape index (κ2) is 3.99. The molecule has 1 saturated heterocycles. The van der Waals surface area contributed by atoms with Crippen LogP contribution in [-0.2, 0) is 0 Å². The van der Waals surface area contributed by atoms with Gasteiger partial charge in [-0.1, -0.05) is 30.0 Å². The van der Waals surface area contributed by atoms with Crippen molar-refractivity contribution in [2.24, 2.45) is 4.99 Å². The van der Waals surface area contributed by atoms with Crippen LogP contribution in [-0.4, -0.2) is 29.7 Å². The van der Waals surface area contributed by atoms with Gasteiger partial charge in [0.15, 0.2) is 5.50 Å². The molecule has 1 fully saturated rings.